The van der Waals surface area contributed by atoms with E-state index in [0.717, 1.165) is 64.5 Å². The summed E-state index contributed by atoms with van der Waals surface area (Å²) in [6.07, 6.45) is 10.7. The van der Waals surface area contributed by atoms with E-state index >= 15 is 0 Å². The predicted octanol–water partition coefficient (Wildman–Crippen LogP) is 5.63. The predicted molar refractivity (Wildman–Crippen MR) is 200 cm³/mol. The molecule has 6 aromatic rings. The highest BCUT2D eigenvalue weighted by Gasteiger charge is 2.31. The van der Waals surface area contributed by atoms with Crippen molar-refractivity contribution in [1.82, 2.24) is 29.1 Å². The van der Waals surface area contributed by atoms with Crippen molar-refractivity contribution in [2.24, 2.45) is 18.9 Å². The van der Waals surface area contributed by atoms with Gasteiger partial charge in [-0.3, -0.25) is 29.1 Å². The largest absolute Gasteiger partial charge is 0.311 e. The van der Waals surface area contributed by atoms with Crippen molar-refractivity contribution in [3.63, 3.8) is 0 Å². The maximum absolute atomic E-state index is 14.5. The molecule has 0 aliphatic heterocycles. The van der Waals surface area contributed by atoms with Crippen LogP contribution in [0.4, 0.5) is 11.6 Å². The Hall–Kier alpha value is -6.04. The van der Waals surface area contributed by atoms with Crippen LogP contribution in [0.25, 0.3) is 44.1 Å². The minimum atomic E-state index is -0.223. The molecule has 2 saturated carbocycles. The van der Waals surface area contributed by atoms with Gasteiger partial charge in [0.2, 0.25) is 11.8 Å². The lowest BCUT2D eigenvalue weighted by atomic mass is 9.98. The lowest BCUT2D eigenvalue weighted by Crippen LogP contribution is -2.25. The zero-order valence-electron chi connectivity index (χ0n) is 29.5. The third kappa shape index (κ3) is 6.25. The maximum atomic E-state index is 14.5. The number of carbonyl (C=O) groups is 2. The van der Waals surface area contributed by atoms with E-state index in [0.29, 0.717) is 45.8 Å². The quantitative estimate of drug-likeness (QED) is 0.197. The number of aryl methyl sites for hydroxylation is 6. The highest BCUT2D eigenvalue weighted by atomic mass is 16.2. The molecule has 0 spiro atoms. The van der Waals surface area contributed by atoms with Crippen LogP contribution in [-0.4, -0.2) is 40.9 Å². The number of nitrogens with zero attached hydrogens (tertiary/aromatic N) is 6. The normalized spacial score (nSPS) is 14.2. The van der Waals surface area contributed by atoms with Crippen LogP contribution in [0.2, 0.25) is 0 Å². The summed E-state index contributed by atoms with van der Waals surface area (Å²) in [5, 5.41) is 7.26. The summed E-state index contributed by atoms with van der Waals surface area (Å²) in [4.78, 5) is 71.4. The summed E-state index contributed by atoms with van der Waals surface area (Å²) < 4.78 is 3.29. The number of pyridine rings is 6. The molecule has 0 radical (unpaired) electrons. The van der Waals surface area contributed by atoms with Crippen LogP contribution in [0.3, 0.4) is 0 Å². The standard InChI is InChI=1S/C40H38N8O4/c1-21-9-11-41-23(3)36(21)30-15-28-19-44-35(46-38(50)25-7-8-25)17-33(28)48(40(30)52)12-10-26-13-22(2)42-20-31(26)29-14-27-18-43-34(45-37(49)24-5-6-24)16-32(27)47(4)39(29)51/h9,11,13-20,24-25H,5-8,10,12H2,1-4H3,(H,43,45,49)(H,44,46,50). The van der Waals surface area contributed by atoms with Gasteiger partial charge < -0.3 is 19.8 Å². The lowest BCUT2D eigenvalue weighted by molar-refractivity contribution is -0.118. The lowest BCUT2D eigenvalue weighted by Gasteiger charge is -2.17. The van der Waals surface area contributed by atoms with Crippen molar-refractivity contribution < 1.29 is 9.59 Å². The van der Waals surface area contributed by atoms with Gasteiger partial charge in [-0.2, -0.15) is 0 Å². The van der Waals surface area contributed by atoms with Crippen molar-refractivity contribution in [2.45, 2.75) is 59.4 Å². The van der Waals surface area contributed by atoms with Crippen molar-refractivity contribution in [3.05, 3.63) is 104 Å². The van der Waals surface area contributed by atoms with E-state index in [4.69, 9.17) is 0 Å². The molecule has 0 unspecified atom stereocenters. The number of anilines is 2. The molecular weight excluding hydrogens is 656 g/mol. The molecule has 2 fully saturated rings. The average molecular weight is 695 g/mol. The van der Waals surface area contributed by atoms with Crippen LogP contribution in [0.15, 0.2) is 70.8 Å². The van der Waals surface area contributed by atoms with E-state index < -0.39 is 0 Å². The van der Waals surface area contributed by atoms with Gasteiger partial charge in [0.25, 0.3) is 11.1 Å². The van der Waals surface area contributed by atoms with Crippen LogP contribution in [0.1, 0.15) is 48.2 Å². The number of fused-ring (bicyclic) bond motifs is 2. The third-order valence-electron chi connectivity index (χ3n) is 10.1. The summed E-state index contributed by atoms with van der Waals surface area (Å²) in [7, 11) is 1.70. The second kappa shape index (κ2) is 12.9. The Morgan fingerprint density at radius 1 is 0.731 bits per heavy atom. The van der Waals surface area contributed by atoms with Crippen molar-refractivity contribution in [2.75, 3.05) is 10.6 Å². The average Bonchev–Trinajstić information content (AvgIpc) is 4.04. The monoisotopic (exact) mass is 694 g/mol. The first-order chi connectivity index (χ1) is 25.0. The van der Waals surface area contributed by atoms with E-state index in [9.17, 15) is 19.2 Å². The first-order valence-electron chi connectivity index (χ1n) is 17.6. The molecule has 2 aliphatic rings. The molecule has 8 rings (SSSR count). The minimum Gasteiger partial charge on any atom is -0.311 e. The van der Waals surface area contributed by atoms with E-state index in [1.165, 1.54) is 0 Å². The second-order valence-corrected chi connectivity index (χ2v) is 14.0. The Balaban J connectivity index is 1.20. The molecule has 6 aromatic heterocycles. The Morgan fingerprint density at radius 2 is 1.35 bits per heavy atom. The Labute approximate surface area is 299 Å². The molecule has 6 heterocycles. The molecule has 2 aliphatic carbocycles. The fourth-order valence-corrected chi connectivity index (χ4v) is 6.91. The molecule has 0 bridgehead atoms. The van der Waals surface area contributed by atoms with Crippen LogP contribution < -0.4 is 21.8 Å². The fraction of sp³-hybridized carbons (Fsp3) is 0.300. The summed E-state index contributed by atoms with van der Waals surface area (Å²) in [5.74, 6) is 0.711. The van der Waals surface area contributed by atoms with Crippen LogP contribution in [0.5, 0.6) is 0 Å². The molecule has 2 N–H and O–H groups in total. The number of hydrogen-bond acceptors (Lipinski definition) is 8. The van der Waals surface area contributed by atoms with E-state index in [-0.39, 0.29) is 41.3 Å². The summed E-state index contributed by atoms with van der Waals surface area (Å²) in [6, 6.07) is 11.0. The van der Waals surface area contributed by atoms with E-state index in [2.05, 4.69) is 30.6 Å². The van der Waals surface area contributed by atoms with E-state index in [1.54, 1.807) is 53.1 Å². The van der Waals surface area contributed by atoms with Crippen molar-refractivity contribution in [3.8, 4) is 22.3 Å². The summed E-state index contributed by atoms with van der Waals surface area (Å²) in [6.45, 7) is 6.02. The molecule has 12 nitrogen and oxygen atoms in total. The van der Waals surface area contributed by atoms with Gasteiger partial charge in [0.15, 0.2) is 0 Å². The number of aromatic nitrogens is 6. The molecule has 0 saturated heterocycles. The molecule has 0 aromatic carbocycles. The van der Waals surface area contributed by atoms with Crippen molar-refractivity contribution >= 4 is 45.3 Å². The number of amides is 2. The Kier molecular flexibility index (Phi) is 8.24. The van der Waals surface area contributed by atoms with Gasteiger partial charge in [-0.15, -0.1) is 0 Å². The fourth-order valence-electron chi connectivity index (χ4n) is 6.91. The smallest absolute Gasteiger partial charge is 0.259 e. The Morgan fingerprint density at radius 3 is 1.98 bits per heavy atom. The first kappa shape index (κ1) is 33.1. The van der Waals surface area contributed by atoms with Gasteiger partial charge in [-0.1, -0.05) is 0 Å². The highest BCUT2D eigenvalue weighted by molar-refractivity contribution is 5.96. The topological polar surface area (TPSA) is 154 Å². The second-order valence-electron chi connectivity index (χ2n) is 14.0. The number of nitrogens with one attached hydrogen (secondary N) is 2. The van der Waals surface area contributed by atoms with Gasteiger partial charge in [0.05, 0.1) is 11.0 Å². The van der Waals surface area contributed by atoms with E-state index in [1.807, 2.05) is 45.0 Å². The van der Waals surface area contributed by atoms with Gasteiger partial charge >= 0.3 is 0 Å². The van der Waals surface area contributed by atoms with Gasteiger partial charge in [-0.05, 0) is 88.3 Å². The molecule has 0 atom stereocenters. The number of carbonyl (C=O) groups excluding carboxylic acids is 2. The van der Waals surface area contributed by atoms with Crippen LogP contribution >= 0.6 is 0 Å². The first-order valence-corrected chi connectivity index (χ1v) is 17.6. The summed E-state index contributed by atoms with van der Waals surface area (Å²) >= 11 is 0. The third-order valence-corrected chi connectivity index (χ3v) is 10.1. The van der Waals surface area contributed by atoms with Gasteiger partial charge in [0, 0.05) is 107 Å². The zero-order chi connectivity index (χ0) is 36.3. The van der Waals surface area contributed by atoms with Crippen LogP contribution in [0, 0.1) is 32.6 Å². The molecular formula is C40H38N8O4. The number of hydrogen-bond donors (Lipinski definition) is 2. The van der Waals surface area contributed by atoms with Crippen LogP contribution in [-0.2, 0) is 29.6 Å². The minimum absolute atomic E-state index is 0.000727. The zero-order valence-corrected chi connectivity index (χ0v) is 29.5. The maximum Gasteiger partial charge on any atom is 0.259 e. The molecule has 2 amide bonds. The SMILES string of the molecule is Cc1cc(CCn2c(=O)c(-c3c(C)ccnc3C)cc3cnc(NC(=O)C4CC4)cc32)c(-c2cc3cnc(NC(=O)C4CC4)cc3n(C)c2=O)cn1. The molecule has 52 heavy (non-hydrogen) atoms. The highest BCUT2D eigenvalue weighted by Crippen LogP contribution is 2.32. The van der Waals surface area contributed by atoms with Gasteiger partial charge in [0.1, 0.15) is 11.6 Å². The molecule has 262 valence electrons. The summed E-state index contributed by atoms with van der Waals surface area (Å²) in [5.41, 5.74) is 6.57. The Bertz CT molecular complexity index is 2560. The number of rotatable bonds is 9. The molecule has 12 heteroatoms. The van der Waals surface area contributed by atoms with Crippen molar-refractivity contribution in [1.29, 1.82) is 0 Å². The van der Waals surface area contributed by atoms with Gasteiger partial charge in [-0.25, -0.2) is 9.97 Å².